The van der Waals surface area contributed by atoms with E-state index in [4.69, 9.17) is 4.74 Å². The number of hydrogen-bond donors (Lipinski definition) is 0. The highest BCUT2D eigenvalue weighted by Gasteiger charge is 2.58. The van der Waals surface area contributed by atoms with Gasteiger partial charge in [-0.25, -0.2) is 0 Å². The molecular weight excluding hydrogens is 216 g/mol. The molecule has 0 aromatic heterocycles. The molecule has 2 rings (SSSR count). The second-order valence-corrected chi connectivity index (χ2v) is 5.23. The van der Waals surface area contributed by atoms with Gasteiger partial charge in [-0.1, -0.05) is 44.2 Å². The molecular formula is C14H17O3-. The summed E-state index contributed by atoms with van der Waals surface area (Å²) in [6.45, 7) is 4.92. The van der Waals surface area contributed by atoms with E-state index >= 15 is 0 Å². The third-order valence-corrected chi connectivity index (χ3v) is 3.71. The number of benzene rings is 1. The highest BCUT2D eigenvalue weighted by atomic mass is 16.5. The topological polar surface area (TPSA) is 49.4 Å². The van der Waals surface area contributed by atoms with Gasteiger partial charge in [-0.2, -0.15) is 0 Å². The van der Waals surface area contributed by atoms with E-state index in [1.165, 1.54) is 0 Å². The molecule has 1 aliphatic rings. The number of hydrogen-bond acceptors (Lipinski definition) is 3. The van der Waals surface area contributed by atoms with E-state index in [0.717, 1.165) is 5.56 Å². The maximum absolute atomic E-state index is 10.9. The van der Waals surface area contributed by atoms with Crippen molar-refractivity contribution in [3.63, 3.8) is 0 Å². The van der Waals surface area contributed by atoms with Crippen molar-refractivity contribution in [2.24, 2.45) is 17.3 Å². The zero-order valence-electron chi connectivity index (χ0n) is 10.2. The molecule has 2 unspecified atom stereocenters. The van der Waals surface area contributed by atoms with Crippen LogP contribution in [-0.2, 0) is 16.1 Å². The molecule has 0 aliphatic heterocycles. The highest BCUT2D eigenvalue weighted by Crippen LogP contribution is 2.57. The first-order valence-corrected chi connectivity index (χ1v) is 5.86. The number of aliphatic carboxylic acids is 1. The molecule has 0 bridgehead atoms. The average Bonchev–Trinajstić information content (AvgIpc) is 2.82. The fourth-order valence-electron chi connectivity index (χ4n) is 2.40. The highest BCUT2D eigenvalue weighted by molar-refractivity contribution is 5.73. The van der Waals surface area contributed by atoms with Gasteiger partial charge in [0.2, 0.25) is 0 Å². The van der Waals surface area contributed by atoms with Crippen LogP contribution in [0, 0.1) is 17.3 Å². The van der Waals surface area contributed by atoms with E-state index in [-0.39, 0.29) is 17.3 Å². The van der Waals surface area contributed by atoms with Crippen molar-refractivity contribution in [3.05, 3.63) is 35.9 Å². The van der Waals surface area contributed by atoms with E-state index in [2.05, 4.69) is 0 Å². The standard InChI is InChI=1S/C14H18O3/c1-14(2)11(12(14)13(15)16)9-17-8-10-6-4-3-5-7-10/h3-7,11-12H,8-9H2,1-2H3,(H,15,16)/p-1. The lowest BCUT2D eigenvalue weighted by molar-refractivity contribution is -0.309. The maximum atomic E-state index is 10.9. The molecule has 17 heavy (non-hydrogen) atoms. The first-order chi connectivity index (χ1) is 8.03. The molecule has 3 nitrogen and oxygen atoms in total. The Bertz CT molecular complexity index is 397. The van der Waals surface area contributed by atoms with Gasteiger partial charge in [-0.15, -0.1) is 0 Å². The molecule has 3 heteroatoms. The van der Waals surface area contributed by atoms with Crippen molar-refractivity contribution < 1.29 is 14.6 Å². The first kappa shape index (κ1) is 12.1. The summed E-state index contributed by atoms with van der Waals surface area (Å²) in [5, 5.41) is 10.9. The smallest absolute Gasteiger partial charge is 0.0717 e. The molecule has 1 aromatic rings. The number of carboxylic acid groups (broad SMARTS) is 1. The van der Waals surface area contributed by atoms with Crippen molar-refractivity contribution in [2.75, 3.05) is 6.61 Å². The van der Waals surface area contributed by atoms with Crippen LogP contribution in [0.3, 0.4) is 0 Å². The molecule has 1 aliphatic carbocycles. The summed E-state index contributed by atoms with van der Waals surface area (Å²) in [7, 11) is 0. The summed E-state index contributed by atoms with van der Waals surface area (Å²) in [6, 6.07) is 9.87. The van der Waals surface area contributed by atoms with Crippen molar-refractivity contribution in [1.82, 2.24) is 0 Å². The van der Waals surface area contributed by atoms with Gasteiger partial charge in [-0.05, 0) is 16.9 Å². The maximum Gasteiger partial charge on any atom is 0.0717 e. The molecule has 1 saturated carbocycles. The quantitative estimate of drug-likeness (QED) is 0.768. The zero-order valence-corrected chi connectivity index (χ0v) is 10.2. The summed E-state index contributed by atoms with van der Waals surface area (Å²) < 4.78 is 5.57. The van der Waals surface area contributed by atoms with Crippen LogP contribution in [0.15, 0.2) is 30.3 Å². The molecule has 0 N–H and O–H groups in total. The molecule has 0 saturated heterocycles. The summed E-state index contributed by atoms with van der Waals surface area (Å²) in [4.78, 5) is 10.9. The lowest BCUT2D eigenvalue weighted by Crippen LogP contribution is -2.26. The Morgan fingerprint density at radius 1 is 1.35 bits per heavy atom. The van der Waals surface area contributed by atoms with Gasteiger partial charge in [0.05, 0.1) is 13.2 Å². The van der Waals surface area contributed by atoms with Crippen LogP contribution in [-0.4, -0.2) is 12.6 Å². The Morgan fingerprint density at radius 2 is 2.00 bits per heavy atom. The minimum Gasteiger partial charge on any atom is -0.550 e. The van der Waals surface area contributed by atoms with Crippen LogP contribution in [0.2, 0.25) is 0 Å². The largest absolute Gasteiger partial charge is 0.550 e. The van der Waals surface area contributed by atoms with E-state index in [1.807, 2.05) is 44.2 Å². The molecule has 1 aromatic carbocycles. The number of carbonyl (C=O) groups is 1. The SMILES string of the molecule is CC1(C)C(COCc2ccccc2)C1C(=O)[O-]. The van der Waals surface area contributed by atoms with E-state index in [1.54, 1.807) is 0 Å². The third-order valence-electron chi connectivity index (χ3n) is 3.71. The minimum absolute atomic E-state index is 0.0798. The fraction of sp³-hybridized carbons (Fsp3) is 0.500. The molecule has 0 spiro atoms. The fourth-order valence-corrected chi connectivity index (χ4v) is 2.40. The van der Waals surface area contributed by atoms with E-state index in [0.29, 0.717) is 13.2 Å². The average molecular weight is 233 g/mol. The Kier molecular flexibility index (Phi) is 3.20. The van der Waals surface area contributed by atoms with Crippen LogP contribution < -0.4 is 5.11 Å². The minimum atomic E-state index is -0.955. The van der Waals surface area contributed by atoms with Gasteiger partial charge in [-0.3, -0.25) is 0 Å². The second-order valence-electron chi connectivity index (χ2n) is 5.23. The monoisotopic (exact) mass is 233 g/mol. The lowest BCUT2D eigenvalue weighted by atomic mass is 10.1. The number of rotatable bonds is 5. The number of carbonyl (C=O) groups excluding carboxylic acids is 1. The first-order valence-electron chi connectivity index (χ1n) is 5.86. The molecule has 0 radical (unpaired) electrons. The van der Waals surface area contributed by atoms with Crippen LogP contribution >= 0.6 is 0 Å². The van der Waals surface area contributed by atoms with Gasteiger partial charge in [0.15, 0.2) is 0 Å². The predicted molar refractivity (Wildman–Crippen MR) is 61.9 cm³/mol. The van der Waals surface area contributed by atoms with Crippen LogP contribution in [0.1, 0.15) is 19.4 Å². The summed E-state index contributed by atoms with van der Waals surface area (Å²) in [5.74, 6) is -1.24. The van der Waals surface area contributed by atoms with Crippen LogP contribution in [0.5, 0.6) is 0 Å². The summed E-state index contributed by atoms with van der Waals surface area (Å²) in [6.07, 6.45) is 0. The summed E-state index contributed by atoms with van der Waals surface area (Å²) >= 11 is 0. The second kappa shape index (κ2) is 4.49. The van der Waals surface area contributed by atoms with E-state index in [9.17, 15) is 9.90 Å². The van der Waals surface area contributed by atoms with Gasteiger partial charge in [0.1, 0.15) is 0 Å². The van der Waals surface area contributed by atoms with Gasteiger partial charge in [0.25, 0.3) is 0 Å². The number of ether oxygens (including phenoxy) is 1. The van der Waals surface area contributed by atoms with E-state index < -0.39 is 5.97 Å². The van der Waals surface area contributed by atoms with Gasteiger partial charge >= 0.3 is 0 Å². The Morgan fingerprint density at radius 3 is 2.53 bits per heavy atom. The molecule has 0 amide bonds. The zero-order chi connectivity index (χ0) is 12.5. The molecule has 0 heterocycles. The van der Waals surface area contributed by atoms with Crippen molar-refractivity contribution in [2.45, 2.75) is 20.5 Å². The Balaban J connectivity index is 1.79. The summed E-state index contributed by atoms with van der Waals surface area (Å²) in [5.41, 5.74) is 0.922. The van der Waals surface area contributed by atoms with Gasteiger partial charge in [0, 0.05) is 11.9 Å². The van der Waals surface area contributed by atoms with Crippen LogP contribution in [0.25, 0.3) is 0 Å². The molecule has 92 valence electrons. The Hall–Kier alpha value is -1.35. The molecule has 2 atom stereocenters. The predicted octanol–water partition coefficient (Wildman–Crippen LogP) is 1.23. The Labute approximate surface area is 101 Å². The van der Waals surface area contributed by atoms with Crippen molar-refractivity contribution >= 4 is 5.97 Å². The molecule has 1 fully saturated rings. The normalized spacial score (nSPS) is 25.5. The third kappa shape index (κ3) is 2.50. The lowest BCUT2D eigenvalue weighted by Gasteiger charge is -2.05. The van der Waals surface area contributed by atoms with Gasteiger partial charge < -0.3 is 14.6 Å². The van der Waals surface area contributed by atoms with Crippen molar-refractivity contribution in [1.29, 1.82) is 0 Å². The van der Waals surface area contributed by atoms with Crippen molar-refractivity contribution in [3.8, 4) is 0 Å². The van der Waals surface area contributed by atoms with Crippen LogP contribution in [0.4, 0.5) is 0 Å². The number of carboxylic acids is 1.